The van der Waals surface area contributed by atoms with Gasteiger partial charge in [0.2, 0.25) is 0 Å². The van der Waals surface area contributed by atoms with Crippen LogP contribution in [-0.4, -0.2) is 18.0 Å². The smallest absolute Gasteiger partial charge is 0.0328 e. The normalized spacial score (nSPS) is 18.5. The minimum absolute atomic E-state index is 0.845. The maximum absolute atomic E-state index is 5.86. The third kappa shape index (κ3) is 3.71. The van der Waals surface area contributed by atoms with Crippen LogP contribution in [0.4, 0.5) is 5.69 Å². The first-order valence-corrected chi connectivity index (χ1v) is 7.24. The summed E-state index contributed by atoms with van der Waals surface area (Å²) >= 11 is 3.50. The Morgan fingerprint density at radius 2 is 2.00 bits per heavy atom. The zero-order chi connectivity index (χ0) is 12.3. The van der Waals surface area contributed by atoms with Gasteiger partial charge in [-0.15, -0.1) is 0 Å². The summed E-state index contributed by atoms with van der Waals surface area (Å²) in [6.07, 6.45) is 4.03. The molecule has 0 radical (unpaired) electrons. The van der Waals surface area contributed by atoms with Crippen molar-refractivity contribution in [3.63, 3.8) is 0 Å². The van der Waals surface area contributed by atoms with Gasteiger partial charge in [-0.05, 0) is 55.6 Å². The molecule has 1 heterocycles. The van der Waals surface area contributed by atoms with E-state index >= 15 is 0 Å². The number of rotatable bonds is 3. The van der Waals surface area contributed by atoms with Gasteiger partial charge in [-0.2, -0.15) is 0 Å². The number of piperidine rings is 1. The molecule has 1 aliphatic rings. The molecule has 1 aliphatic heterocycles. The first-order valence-electron chi connectivity index (χ1n) is 6.44. The molecule has 0 aliphatic carbocycles. The predicted molar refractivity (Wildman–Crippen MR) is 76.8 cm³/mol. The molecule has 1 aromatic carbocycles. The number of hydrogen-bond donors (Lipinski definition) is 1. The standard InChI is InChI=1S/C14H21BrN2/c1-2-11-3-5-17(6-4-11)10-12-7-13(15)9-14(16)8-12/h7-9,11H,2-6,10,16H2,1H3. The van der Waals surface area contributed by atoms with Crippen molar-refractivity contribution in [1.82, 2.24) is 4.90 Å². The number of hydrogen-bond acceptors (Lipinski definition) is 2. The molecular formula is C14H21BrN2. The molecule has 94 valence electrons. The highest BCUT2D eigenvalue weighted by Crippen LogP contribution is 2.23. The van der Waals surface area contributed by atoms with Crippen molar-refractivity contribution in [1.29, 1.82) is 0 Å². The third-order valence-electron chi connectivity index (χ3n) is 3.67. The summed E-state index contributed by atoms with van der Waals surface area (Å²) in [6, 6.07) is 6.20. The molecule has 3 heteroatoms. The number of halogens is 1. The van der Waals surface area contributed by atoms with Crippen LogP contribution in [0.5, 0.6) is 0 Å². The van der Waals surface area contributed by atoms with Gasteiger partial charge in [0.25, 0.3) is 0 Å². The van der Waals surface area contributed by atoms with Gasteiger partial charge >= 0.3 is 0 Å². The molecule has 0 atom stereocenters. The van der Waals surface area contributed by atoms with Crippen molar-refractivity contribution in [3.8, 4) is 0 Å². The van der Waals surface area contributed by atoms with Crippen LogP contribution < -0.4 is 5.73 Å². The average Bonchev–Trinajstić information content (AvgIpc) is 2.28. The fourth-order valence-electron chi connectivity index (χ4n) is 2.58. The van der Waals surface area contributed by atoms with Gasteiger partial charge in [-0.25, -0.2) is 0 Å². The maximum Gasteiger partial charge on any atom is 0.0328 e. The monoisotopic (exact) mass is 296 g/mol. The molecule has 0 unspecified atom stereocenters. The van der Waals surface area contributed by atoms with Crippen LogP contribution in [0.1, 0.15) is 31.7 Å². The molecule has 0 spiro atoms. The third-order valence-corrected chi connectivity index (χ3v) is 4.13. The molecule has 17 heavy (non-hydrogen) atoms. The molecule has 0 amide bonds. The van der Waals surface area contributed by atoms with Gasteiger partial charge in [-0.3, -0.25) is 4.90 Å². The van der Waals surface area contributed by atoms with Crippen molar-refractivity contribution in [2.75, 3.05) is 18.8 Å². The van der Waals surface area contributed by atoms with E-state index in [4.69, 9.17) is 5.73 Å². The summed E-state index contributed by atoms with van der Waals surface area (Å²) in [4.78, 5) is 2.54. The maximum atomic E-state index is 5.86. The van der Waals surface area contributed by atoms with Gasteiger partial charge in [0.05, 0.1) is 0 Å². The minimum Gasteiger partial charge on any atom is -0.399 e. The molecule has 0 bridgehead atoms. The highest BCUT2D eigenvalue weighted by molar-refractivity contribution is 9.10. The largest absolute Gasteiger partial charge is 0.399 e. The summed E-state index contributed by atoms with van der Waals surface area (Å²) in [5.74, 6) is 0.943. The second kappa shape index (κ2) is 5.87. The van der Waals surface area contributed by atoms with Crippen molar-refractivity contribution < 1.29 is 0 Å². The second-order valence-electron chi connectivity index (χ2n) is 5.02. The first kappa shape index (κ1) is 12.9. The molecule has 0 saturated carbocycles. The first-order chi connectivity index (χ1) is 8.17. The Morgan fingerprint density at radius 3 is 2.59 bits per heavy atom. The molecule has 2 N–H and O–H groups in total. The number of nitrogen functional groups attached to an aromatic ring is 1. The summed E-state index contributed by atoms with van der Waals surface area (Å²) in [5, 5.41) is 0. The van der Waals surface area contributed by atoms with Crippen LogP contribution in [0, 0.1) is 5.92 Å². The summed E-state index contributed by atoms with van der Waals surface area (Å²) in [5.41, 5.74) is 8.02. The topological polar surface area (TPSA) is 29.3 Å². The lowest BCUT2D eigenvalue weighted by Gasteiger charge is -2.31. The van der Waals surface area contributed by atoms with E-state index in [9.17, 15) is 0 Å². The number of likely N-dealkylation sites (tertiary alicyclic amines) is 1. The lowest BCUT2D eigenvalue weighted by atomic mass is 9.94. The van der Waals surface area contributed by atoms with Crippen molar-refractivity contribution >= 4 is 21.6 Å². The van der Waals surface area contributed by atoms with Crippen molar-refractivity contribution in [3.05, 3.63) is 28.2 Å². The van der Waals surface area contributed by atoms with E-state index in [0.29, 0.717) is 0 Å². The average molecular weight is 297 g/mol. The summed E-state index contributed by atoms with van der Waals surface area (Å²) in [7, 11) is 0. The lowest BCUT2D eigenvalue weighted by molar-refractivity contribution is 0.175. The Morgan fingerprint density at radius 1 is 1.29 bits per heavy atom. The highest BCUT2D eigenvalue weighted by Gasteiger charge is 2.17. The number of anilines is 1. The van der Waals surface area contributed by atoms with Crippen LogP contribution in [0.25, 0.3) is 0 Å². The van der Waals surface area contributed by atoms with Gasteiger partial charge in [0, 0.05) is 16.7 Å². The summed E-state index contributed by atoms with van der Waals surface area (Å²) in [6.45, 7) is 5.78. The van der Waals surface area contributed by atoms with E-state index in [2.05, 4.69) is 39.9 Å². The summed E-state index contributed by atoms with van der Waals surface area (Å²) < 4.78 is 1.08. The zero-order valence-corrected chi connectivity index (χ0v) is 12.0. The SMILES string of the molecule is CCC1CCN(Cc2cc(N)cc(Br)c2)CC1. The molecule has 0 aromatic heterocycles. The van der Waals surface area contributed by atoms with E-state index < -0.39 is 0 Å². The van der Waals surface area contributed by atoms with Crippen LogP contribution >= 0.6 is 15.9 Å². The quantitative estimate of drug-likeness (QED) is 0.863. The van der Waals surface area contributed by atoms with E-state index in [1.54, 1.807) is 0 Å². The molecule has 1 aromatic rings. The van der Waals surface area contributed by atoms with E-state index in [0.717, 1.165) is 22.6 Å². The Bertz CT molecular complexity index is 350. The van der Waals surface area contributed by atoms with E-state index in [1.807, 2.05) is 6.07 Å². The van der Waals surface area contributed by atoms with Gasteiger partial charge in [0.15, 0.2) is 0 Å². The zero-order valence-electron chi connectivity index (χ0n) is 10.5. The van der Waals surface area contributed by atoms with Crippen molar-refractivity contribution in [2.24, 2.45) is 5.92 Å². The van der Waals surface area contributed by atoms with Gasteiger partial charge < -0.3 is 5.73 Å². The van der Waals surface area contributed by atoms with Crippen LogP contribution in [0.3, 0.4) is 0 Å². The second-order valence-corrected chi connectivity index (χ2v) is 5.94. The highest BCUT2D eigenvalue weighted by atomic mass is 79.9. The van der Waals surface area contributed by atoms with Gasteiger partial charge in [-0.1, -0.05) is 29.3 Å². The van der Waals surface area contributed by atoms with Gasteiger partial charge in [0.1, 0.15) is 0 Å². The molecule has 1 fully saturated rings. The molecule has 1 saturated heterocycles. The Balaban J connectivity index is 1.93. The molecule has 2 rings (SSSR count). The Labute approximate surface area is 112 Å². The van der Waals surface area contributed by atoms with E-state index in [-0.39, 0.29) is 0 Å². The van der Waals surface area contributed by atoms with Crippen molar-refractivity contribution in [2.45, 2.75) is 32.7 Å². The van der Waals surface area contributed by atoms with Crippen LogP contribution in [-0.2, 0) is 6.54 Å². The minimum atomic E-state index is 0.845. The Kier molecular flexibility index (Phi) is 4.46. The lowest BCUT2D eigenvalue weighted by Crippen LogP contribution is -2.33. The van der Waals surface area contributed by atoms with E-state index in [1.165, 1.54) is 37.9 Å². The molecule has 2 nitrogen and oxygen atoms in total. The predicted octanol–water partition coefficient (Wildman–Crippen LogP) is 3.65. The fraction of sp³-hybridized carbons (Fsp3) is 0.571. The molecular weight excluding hydrogens is 276 g/mol. The number of nitrogens with zero attached hydrogens (tertiary/aromatic N) is 1. The fourth-order valence-corrected chi connectivity index (χ4v) is 3.14. The van der Waals surface area contributed by atoms with Crippen LogP contribution in [0.15, 0.2) is 22.7 Å². The Hall–Kier alpha value is -0.540. The number of nitrogens with two attached hydrogens (primary N) is 1. The number of benzene rings is 1. The van der Waals surface area contributed by atoms with Crippen LogP contribution in [0.2, 0.25) is 0 Å².